The predicted octanol–water partition coefficient (Wildman–Crippen LogP) is 5.36. The number of rotatable bonds is 8. The van der Waals surface area contributed by atoms with Gasteiger partial charge in [-0.15, -0.1) is 0 Å². The fourth-order valence-corrected chi connectivity index (χ4v) is 3.38. The molecule has 0 amide bonds. The van der Waals surface area contributed by atoms with Gasteiger partial charge in [0.15, 0.2) is 5.82 Å². The Labute approximate surface area is 175 Å². The summed E-state index contributed by atoms with van der Waals surface area (Å²) in [6.45, 7) is 3.15. The van der Waals surface area contributed by atoms with Gasteiger partial charge in [0.05, 0.1) is 12.1 Å². The second kappa shape index (κ2) is 9.18. The monoisotopic (exact) mass is 397 g/mol. The number of nitrogens with one attached hydrogen (secondary N) is 1. The molecule has 0 saturated heterocycles. The third-order valence-electron chi connectivity index (χ3n) is 4.80. The summed E-state index contributed by atoms with van der Waals surface area (Å²) in [4.78, 5) is 20.1. The molecule has 0 atom stereocenters. The van der Waals surface area contributed by atoms with E-state index in [1.54, 1.807) is 0 Å². The quantitative estimate of drug-likeness (QED) is 0.320. The topological polar surface area (TPSA) is 64.1 Å². The molecular formula is C25H23N3O2. The predicted molar refractivity (Wildman–Crippen MR) is 121 cm³/mol. The molecule has 4 rings (SSSR count). The van der Waals surface area contributed by atoms with Crippen molar-refractivity contribution in [2.45, 2.75) is 13.3 Å². The van der Waals surface area contributed by atoms with Crippen LogP contribution in [0.5, 0.6) is 5.75 Å². The third-order valence-corrected chi connectivity index (χ3v) is 4.80. The molecule has 0 aliphatic heterocycles. The fraction of sp³-hybridized carbons (Fsp3) is 0.160. The first-order valence-electron chi connectivity index (χ1n) is 10.1. The van der Waals surface area contributed by atoms with Crippen LogP contribution < -0.4 is 10.1 Å². The Hall–Kier alpha value is -3.73. The van der Waals surface area contributed by atoms with E-state index in [-0.39, 0.29) is 0 Å². The Morgan fingerprint density at radius 3 is 2.43 bits per heavy atom. The number of ether oxygens (including phenoxy) is 1. The number of anilines is 1. The number of carbonyl (C=O) groups excluding carboxylic acids is 1. The van der Waals surface area contributed by atoms with Crippen LogP contribution >= 0.6 is 0 Å². The van der Waals surface area contributed by atoms with Gasteiger partial charge in [0, 0.05) is 29.5 Å². The third kappa shape index (κ3) is 4.15. The minimum atomic E-state index is 0.432. The molecule has 0 bridgehead atoms. The van der Waals surface area contributed by atoms with Crippen molar-refractivity contribution in [3.05, 3.63) is 72.8 Å². The highest BCUT2D eigenvalue weighted by atomic mass is 16.5. The van der Waals surface area contributed by atoms with Crippen molar-refractivity contribution >= 4 is 23.0 Å². The molecule has 1 aromatic heterocycles. The Kier molecular flexibility index (Phi) is 5.99. The lowest BCUT2D eigenvalue weighted by molar-refractivity contribution is -0.107. The van der Waals surface area contributed by atoms with Gasteiger partial charge in [-0.25, -0.2) is 9.97 Å². The summed E-state index contributed by atoms with van der Waals surface area (Å²) < 4.78 is 5.76. The van der Waals surface area contributed by atoms with Crippen LogP contribution in [0.15, 0.2) is 72.8 Å². The first-order chi connectivity index (χ1) is 14.8. The van der Waals surface area contributed by atoms with E-state index in [0.717, 1.165) is 45.4 Å². The van der Waals surface area contributed by atoms with Crippen LogP contribution in [0.4, 0.5) is 5.82 Å². The highest BCUT2D eigenvalue weighted by Gasteiger charge is 2.10. The van der Waals surface area contributed by atoms with E-state index >= 15 is 0 Å². The SMILES string of the molecule is CCOc1ccccc1-c1ccc(-c2nc(NCCC=O)c3ccccc3n2)cc1. The average Bonchev–Trinajstić information content (AvgIpc) is 2.80. The highest BCUT2D eigenvalue weighted by Crippen LogP contribution is 2.32. The minimum absolute atomic E-state index is 0.432. The number of nitrogens with zero attached hydrogens (tertiary/aromatic N) is 2. The number of carbonyl (C=O) groups is 1. The summed E-state index contributed by atoms with van der Waals surface area (Å²) in [5.74, 6) is 2.26. The lowest BCUT2D eigenvalue weighted by Crippen LogP contribution is -2.06. The smallest absolute Gasteiger partial charge is 0.162 e. The molecule has 0 aliphatic carbocycles. The van der Waals surface area contributed by atoms with Gasteiger partial charge in [-0.3, -0.25) is 0 Å². The number of aromatic nitrogens is 2. The van der Waals surface area contributed by atoms with E-state index in [4.69, 9.17) is 14.7 Å². The maximum absolute atomic E-state index is 10.7. The van der Waals surface area contributed by atoms with E-state index in [9.17, 15) is 4.79 Å². The summed E-state index contributed by atoms with van der Waals surface area (Å²) >= 11 is 0. The van der Waals surface area contributed by atoms with Gasteiger partial charge in [-0.2, -0.15) is 0 Å². The number of hydrogen-bond donors (Lipinski definition) is 1. The first-order valence-corrected chi connectivity index (χ1v) is 10.1. The first kappa shape index (κ1) is 19.6. The molecule has 0 spiro atoms. The van der Waals surface area contributed by atoms with Crippen LogP contribution in [-0.4, -0.2) is 29.4 Å². The van der Waals surface area contributed by atoms with Crippen molar-refractivity contribution in [2.75, 3.05) is 18.5 Å². The van der Waals surface area contributed by atoms with Crippen molar-refractivity contribution in [2.24, 2.45) is 0 Å². The van der Waals surface area contributed by atoms with Crippen LogP contribution in [-0.2, 0) is 4.79 Å². The molecule has 30 heavy (non-hydrogen) atoms. The Balaban J connectivity index is 1.70. The van der Waals surface area contributed by atoms with Gasteiger partial charge in [-0.05, 0) is 30.7 Å². The summed E-state index contributed by atoms with van der Waals surface area (Å²) in [7, 11) is 0. The van der Waals surface area contributed by atoms with Crippen molar-refractivity contribution < 1.29 is 9.53 Å². The maximum Gasteiger partial charge on any atom is 0.162 e. The molecule has 4 aromatic rings. The number of para-hydroxylation sites is 2. The van der Waals surface area contributed by atoms with E-state index in [1.807, 2.05) is 61.5 Å². The molecule has 5 heteroatoms. The molecular weight excluding hydrogens is 374 g/mol. The average molecular weight is 397 g/mol. The van der Waals surface area contributed by atoms with Gasteiger partial charge < -0.3 is 14.8 Å². The molecule has 0 fully saturated rings. The molecule has 1 N–H and O–H groups in total. The Morgan fingerprint density at radius 1 is 0.900 bits per heavy atom. The van der Waals surface area contributed by atoms with Crippen molar-refractivity contribution in [1.29, 1.82) is 0 Å². The van der Waals surface area contributed by atoms with E-state index in [1.165, 1.54) is 0 Å². The standard InChI is InChI=1S/C25H23N3O2/c1-2-30-23-11-6-4-8-20(23)18-12-14-19(15-13-18)24-27-22-10-5-3-9-21(22)25(28-24)26-16-7-17-29/h3-6,8-15,17H,2,7,16H2,1H3,(H,26,27,28). The number of hydrogen-bond acceptors (Lipinski definition) is 5. The molecule has 3 aromatic carbocycles. The maximum atomic E-state index is 10.7. The fourth-order valence-electron chi connectivity index (χ4n) is 3.38. The van der Waals surface area contributed by atoms with E-state index < -0.39 is 0 Å². The van der Waals surface area contributed by atoms with Gasteiger partial charge in [0.1, 0.15) is 17.9 Å². The van der Waals surface area contributed by atoms with Crippen LogP contribution in [0.25, 0.3) is 33.4 Å². The van der Waals surface area contributed by atoms with Crippen LogP contribution in [0.1, 0.15) is 13.3 Å². The number of benzene rings is 3. The van der Waals surface area contributed by atoms with Crippen molar-refractivity contribution in [1.82, 2.24) is 9.97 Å². The zero-order valence-electron chi connectivity index (χ0n) is 16.8. The lowest BCUT2D eigenvalue weighted by atomic mass is 10.0. The van der Waals surface area contributed by atoms with Crippen LogP contribution in [0, 0.1) is 0 Å². The molecule has 0 unspecified atom stereocenters. The molecule has 0 saturated carbocycles. The normalized spacial score (nSPS) is 10.7. The highest BCUT2D eigenvalue weighted by molar-refractivity contribution is 5.90. The Morgan fingerprint density at radius 2 is 1.63 bits per heavy atom. The van der Waals surface area contributed by atoms with Crippen molar-refractivity contribution in [3.8, 4) is 28.3 Å². The van der Waals surface area contributed by atoms with Gasteiger partial charge in [0.25, 0.3) is 0 Å². The largest absolute Gasteiger partial charge is 0.493 e. The molecule has 0 aliphatic rings. The summed E-state index contributed by atoms with van der Waals surface area (Å²) in [5, 5.41) is 4.20. The van der Waals surface area contributed by atoms with E-state index in [2.05, 4.69) is 23.5 Å². The Bertz CT molecular complexity index is 1160. The zero-order valence-corrected chi connectivity index (χ0v) is 16.8. The molecule has 5 nitrogen and oxygen atoms in total. The number of aldehydes is 1. The minimum Gasteiger partial charge on any atom is -0.493 e. The summed E-state index contributed by atoms with van der Waals surface area (Å²) in [6.07, 6.45) is 1.33. The van der Waals surface area contributed by atoms with Gasteiger partial charge in [0.2, 0.25) is 0 Å². The molecule has 150 valence electrons. The molecule has 1 heterocycles. The second-order valence-electron chi connectivity index (χ2n) is 6.80. The van der Waals surface area contributed by atoms with E-state index in [0.29, 0.717) is 25.4 Å². The van der Waals surface area contributed by atoms with Crippen LogP contribution in [0.2, 0.25) is 0 Å². The zero-order chi connectivity index (χ0) is 20.8. The number of fused-ring (bicyclic) bond motifs is 1. The summed E-state index contributed by atoms with van der Waals surface area (Å²) in [5.41, 5.74) is 3.92. The molecule has 0 radical (unpaired) electrons. The van der Waals surface area contributed by atoms with Crippen LogP contribution in [0.3, 0.4) is 0 Å². The van der Waals surface area contributed by atoms with Gasteiger partial charge in [-0.1, -0.05) is 54.6 Å². The summed E-state index contributed by atoms with van der Waals surface area (Å²) in [6, 6.07) is 24.1. The van der Waals surface area contributed by atoms with Gasteiger partial charge >= 0.3 is 0 Å². The van der Waals surface area contributed by atoms with Crippen molar-refractivity contribution in [3.63, 3.8) is 0 Å². The lowest BCUT2D eigenvalue weighted by Gasteiger charge is -2.12. The second-order valence-corrected chi connectivity index (χ2v) is 6.80.